The summed E-state index contributed by atoms with van der Waals surface area (Å²) < 4.78 is 12.5. The summed E-state index contributed by atoms with van der Waals surface area (Å²) in [6, 6.07) is 10.6. The van der Waals surface area contributed by atoms with Crippen molar-refractivity contribution in [1.29, 1.82) is 0 Å². The number of rotatable bonds is 4. The van der Waals surface area contributed by atoms with Crippen molar-refractivity contribution in [3.05, 3.63) is 63.1 Å². The molecule has 0 N–H and O–H groups in total. The Bertz CT molecular complexity index is 1240. The van der Waals surface area contributed by atoms with Crippen LogP contribution in [-0.2, 0) is 0 Å². The van der Waals surface area contributed by atoms with Crippen molar-refractivity contribution in [2.45, 2.75) is 0 Å². The molecule has 4 rings (SSSR count). The molecule has 0 spiro atoms. The second-order valence-electron chi connectivity index (χ2n) is 6.03. The average Bonchev–Trinajstić information content (AvgIpc) is 3.01. The van der Waals surface area contributed by atoms with Crippen LogP contribution in [0.2, 0.25) is 20.4 Å². The SMILES string of the molecule is COc1ccc(-c2c(Cl)n(-c3ccc(Cl)cc3Cl)c3ncnc(Cl)c23)cc1OC. The van der Waals surface area contributed by atoms with Crippen molar-refractivity contribution in [2.24, 2.45) is 0 Å². The molecule has 0 aliphatic carbocycles. The zero-order valence-electron chi connectivity index (χ0n) is 15.2. The molecule has 2 aromatic heterocycles. The number of nitrogens with zero attached hydrogens (tertiary/aromatic N) is 3. The van der Waals surface area contributed by atoms with E-state index < -0.39 is 0 Å². The maximum absolute atomic E-state index is 6.85. The molecule has 0 bridgehead atoms. The van der Waals surface area contributed by atoms with Gasteiger partial charge in [-0.25, -0.2) is 9.97 Å². The highest BCUT2D eigenvalue weighted by Crippen LogP contribution is 2.44. The van der Waals surface area contributed by atoms with Gasteiger partial charge in [0.2, 0.25) is 0 Å². The van der Waals surface area contributed by atoms with Crippen molar-refractivity contribution in [2.75, 3.05) is 14.2 Å². The van der Waals surface area contributed by atoms with Gasteiger partial charge in [0.1, 0.15) is 16.6 Å². The quantitative estimate of drug-likeness (QED) is 0.312. The summed E-state index contributed by atoms with van der Waals surface area (Å²) >= 11 is 25.8. The van der Waals surface area contributed by atoms with E-state index >= 15 is 0 Å². The first-order valence-corrected chi connectivity index (χ1v) is 9.85. The van der Waals surface area contributed by atoms with Crippen LogP contribution in [-0.4, -0.2) is 28.8 Å². The zero-order valence-corrected chi connectivity index (χ0v) is 18.2. The van der Waals surface area contributed by atoms with Crippen molar-refractivity contribution >= 4 is 57.4 Å². The third-order valence-corrected chi connectivity index (χ3v) is 5.65. The number of aromatic nitrogens is 3. The predicted octanol–water partition coefficient (Wildman–Crippen LogP) is 6.72. The average molecular weight is 469 g/mol. The van der Waals surface area contributed by atoms with Crippen LogP contribution in [0.5, 0.6) is 11.5 Å². The van der Waals surface area contributed by atoms with Gasteiger partial charge >= 0.3 is 0 Å². The summed E-state index contributed by atoms with van der Waals surface area (Å²) in [5.41, 5.74) is 2.55. The Labute approximate surface area is 186 Å². The van der Waals surface area contributed by atoms with E-state index in [9.17, 15) is 0 Å². The molecule has 9 heteroatoms. The fraction of sp³-hybridized carbons (Fsp3) is 0.100. The van der Waals surface area contributed by atoms with Gasteiger partial charge in [0, 0.05) is 10.6 Å². The fourth-order valence-electron chi connectivity index (χ4n) is 3.19. The van der Waals surface area contributed by atoms with Gasteiger partial charge in [-0.15, -0.1) is 0 Å². The maximum Gasteiger partial charge on any atom is 0.161 e. The molecule has 0 saturated heterocycles. The van der Waals surface area contributed by atoms with Crippen LogP contribution < -0.4 is 9.47 Å². The van der Waals surface area contributed by atoms with Gasteiger partial charge in [0.25, 0.3) is 0 Å². The van der Waals surface area contributed by atoms with Gasteiger partial charge in [-0.3, -0.25) is 4.57 Å². The van der Waals surface area contributed by atoms with Gasteiger partial charge < -0.3 is 9.47 Å². The summed E-state index contributed by atoms with van der Waals surface area (Å²) in [6.07, 6.45) is 1.37. The lowest BCUT2D eigenvalue weighted by Gasteiger charge is -2.11. The second-order valence-corrected chi connectivity index (χ2v) is 7.59. The minimum absolute atomic E-state index is 0.269. The third kappa shape index (κ3) is 3.38. The molecule has 0 radical (unpaired) electrons. The van der Waals surface area contributed by atoms with Crippen LogP contribution in [0.25, 0.3) is 27.8 Å². The maximum atomic E-state index is 6.85. The first-order chi connectivity index (χ1) is 14.0. The van der Waals surface area contributed by atoms with Crippen LogP contribution in [0.1, 0.15) is 0 Å². The minimum atomic E-state index is 0.269. The second kappa shape index (κ2) is 7.92. The van der Waals surface area contributed by atoms with E-state index in [-0.39, 0.29) is 5.15 Å². The van der Waals surface area contributed by atoms with Gasteiger partial charge in [-0.05, 0) is 35.9 Å². The molecular formula is C20H13Cl4N3O2. The van der Waals surface area contributed by atoms with Crippen LogP contribution in [0.4, 0.5) is 0 Å². The van der Waals surface area contributed by atoms with Crippen LogP contribution in [0, 0.1) is 0 Å². The number of ether oxygens (including phenoxy) is 2. The Hall–Kier alpha value is -2.18. The van der Waals surface area contributed by atoms with Crippen molar-refractivity contribution in [3.63, 3.8) is 0 Å². The van der Waals surface area contributed by atoms with Crippen molar-refractivity contribution < 1.29 is 9.47 Å². The molecular weight excluding hydrogens is 456 g/mol. The topological polar surface area (TPSA) is 49.2 Å². The number of fused-ring (bicyclic) bond motifs is 1. The highest BCUT2D eigenvalue weighted by atomic mass is 35.5. The Balaban J connectivity index is 2.08. The molecule has 29 heavy (non-hydrogen) atoms. The number of hydrogen-bond acceptors (Lipinski definition) is 4. The molecule has 0 fully saturated rings. The lowest BCUT2D eigenvalue weighted by atomic mass is 10.1. The highest BCUT2D eigenvalue weighted by molar-refractivity contribution is 6.40. The highest BCUT2D eigenvalue weighted by Gasteiger charge is 2.24. The summed E-state index contributed by atoms with van der Waals surface area (Å²) in [6.45, 7) is 0. The van der Waals surface area contributed by atoms with Gasteiger partial charge in [-0.1, -0.05) is 52.5 Å². The Morgan fingerprint density at radius 1 is 0.862 bits per heavy atom. The fourth-order valence-corrected chi connectivity index (χ4v) is 4.28. The first-order valence-electron chi connectivity index (χ1n) is 8.34. The summed E-state index contributed by atoms with van der Waals surface area (Å²) in [4.78, 5) is 8.53. The number of methoxy groups -OCH3 is 2. The summed E-state index contributed by atoms with van der Waals surface area (Å²) in [5.74, 6) is 1.15. The zero-order chi connectivity index (χ0) is 20.7. The molecule has 4 aromatic rings. The molecule has 5 nitrogen and oxygen atoms in total. The Morgan fingerprint density at radius 2 is 1.62 bits per heavy atom. The minimum Gasteiger partial charge on any atom is -0.493 e. The third-order valence-electron chi connectivity index (χ3n) is 4.47. The predicted molar refractivity (Wildman–Crippen MR) is 117 cm³/mol. The van der Waals surface area contributed by atoms with Gasteiger partial charge in [0.05, 0.1) is 30.3 Å². The molecule has 0 saturated carbocycles. The smallest absolute Gasteiger partial charge is 0.161 e. The summed E-state index contributed by atoms with van der Waals surface area (Å²) in [5, 5.41) is 2.17. The molecule has 148 valence electrons. The summed E-state index contributed by atoms with van der Waals surface area (Å²) in [7, 11) is 3.14. The lowest BCUT2D eigenvalue weighted by molar-refractivity contribution is 0.355. The van der Waals surface area contributed by atoms with E-state index in [2.05, 4.69) is 9.97 Å². The monoisotopic (exact) mass is 467 g/mol. The van der Waals surface area contributed by atoms with Crippen LogP contribution in [0.3, 0.4) is 0 Å². The molecule has 2 aromatic carbocycles. The van der Waals surface area contributed by atoms with E-state index in [1.807, 2.05) is 12.1 Å². The molecule has 0 aliphatic heterocycles. The van der Waals surface area contributed by atoms with E-state index in [1.165, 1.54) is 6.33 Å². The largest absolute Gasteiger partial charge is 0.493 e. The van der Waals surface area contributed by atoms with Crippen molar-refractivity contribution in [1.82, 2.24) is 14.5 Å². The Kier molecular flexibility index (Phi) is 5.49. The van der Waals surface area contributed by atoms with Crippen LogP contribution in [0.15, 0.2) is 42.7 Å². The van der Waals surface area contributed by atoms with Gasteiger partial charge in [-0.2, -0.15) is 0 Å². The van der Waals surface area contributed by atoms with E-state index in [1.54, 1.807) is 43.1 Å². The molecule has 0 amide bonds. The lowest BCUT2D eigenvalue weighted by Crippen LogP contribution is -1.97. The number of benzene rings is 2. The normalized spacial score (nSPS) is 11.1. The van der Waals surface area contributed by atoms with Crippen molar-refractivity contribution in [3.8, 4) is 28.3 Å². The molecule has 2 heterocycles. The molecule has 0 aliphatic rings. The van der Waals surface area contributed by atoms with E-state index in [0.717, 1.165) is 5.56 Å². The standard InChI is InChI=1S/C20H13Cl4N3O2/c1-28-14-6-3-10(7-15(14)29-2)16-17-18(23)25-9-26-20(17)27(19(16)24)13-5-4-11(21)8-12(13)22/h3-9H,1-2H3. The molecule has 0 unspecified atom stereocenters. The Morgan fingerprint density at radius 3 is 2.31 bits per heavy atom. The number of hydrogen-bond donors (Lipinski definition) is 0. The first kappa shape index (κ1) is 20.1. The van der Waals surface area contributed by atoms with E-state index in [0.29, 0.717) is 49.0 Å². The van der Waals surface area contributed by atoms with Crippen LogP contribution >= 0.6 is 46.4 Å². The van der Waals surface area contributed by atoms with E-state index in [4.69, 9.17) is 55.9 Å². The molecule has 0 atom stereocenters. The van der Waals surface area contributed by atoms with Gasteiger partial charge in [0.15, 0.2) is 17.1 Å². The number of halogens is 4.